The van der Waals surface area contributed by atoms with Crippen LogP contribution in [0.2, 0.25) is 5.02 Å². The maximum atomic E-state index is 12.7. The Bertz CT molecular complexity index is 708. The molecule has 0 radical (unpaired) electrons. The average molecular weight is 376 g/mol. The van der Waals surface area contributed by atoms with Crippen molar-refractivity contribution in [3.63, 3.8) is 0 Å². The second-order valence-corrected chi connectivity index (χ2v) is 7.10. The molecule has 1 heterocycles. The van der Waals surface area contributed by atoms with Crippen molar-refractivity contribution < 1.29 is 8.42 Å². The second kappa shape index (κ2) is 6.11. The van der Waals surface area contributed by atoms with E-state index in [0.717, 1.165) is 4.47 Å². The van der Waals surface area contributed by atoms with E-state index in [-0.39, 0.29) is 9.92 Å². The fraction of sp³-hybridized carbons (Fsp3) is 0.154. The molecule has 4 nitrogen and oxygen atoms in total. The second-order valence-electron chi connectivity index (χ2n) is 3.95. The topological polar surface area (TPSA) is 50.3 Å². The summed E-state index contributed by atoms with van der Waals surface area (Å²) in [4.78, 5) is 3.98. The number of nitrogens with zero attached hydrogens (tertiary/aromatic N) is 2. The first-order chi connectivity index (χ1) is 9.46. The zero-order valence-corrected chi connectivity index (χ0v) is 13.8. The van der Waals surface area contributed by atoms with Crippen LogP contribution in [-0.2, 0) is 10.0 Å². The van der Waals surface area contributed by atoms with Crippen molar-refractivity contribution in [2.45, 2.75) is 11.8 Å². The minimum absolute atomic E-state index is 0.0843. The molecule has 1 aromatic heterocycles. The summed E-state index contributed by atoms with van der Waals surface area (Å²) in [5.41, 5.74) is 0.557. The Balaban J connectivity index is 2.53. The average Bonchev–Trinajstić information content (AvgIpc) is 2.40. The smallest absolute Gasteiger partial charge is 0.265 e. The molecule has 0 aliphatic carbocycles. The van der Waals surface area contributed by atoms with Gasteiger partial charge in [0, 0.05) is 23.4 Å². The molecule has 2 aromatic rings. The number of anilines is 1. The summed E-state index contributed by atoms with van der Waals surface area (Å²) in [6.45, 7) is 2.07. The highest BCUT2D eigenvalue weighted by molar-refractivity contribution is 9.10. The lowest BCUT2D eigenvalue weighted by Gasteiger charge is -2.23. The zero-order chi connectivity index (χ0) is 14.8. The summed E-state index contributed by atoms with van der Waals surface area (Å²) >= 11 is 9.32. The summed E-state index contributed by atoms with van der Waals surface area (Å²) < 4.78 is 27.4. The van der Waals surface area contributed by atoms with Crippen molar-refractivity contribution >= 4 is 43.2 Å². The van der Waals surface area contributed by atoms with Gasteiger partial charge in [0.2, 0.25) is 0 Å². The van der Waals surface area contributed by atoms with Crippen LogP contribution in [0, 0.1) is 0 Å². The molecule has 0 N–H and O–H groups in total. The number of hydrogen-bond acceptors (Lipinski definition) is 3. The molecule has 106 valence electrons. The quantitative estimate of drug-likeness (QED) is 0.818. The van der Waals surface area contributed by atoms with Gasteiger partial charge in [-0.1, -0.05) is 27.5 Å². The molecule has 0 aliphatic rings. The molecule has 0 atom stereocenters. The molecule has 0 saturated heterocycles. The van der Waals surface area contributed by atoms with Crippen molar-refractivity contribution in [2.24, 2.45) is 0 Å². The first-order valence-electron chi connectivity index (χ1n) is 5.84. The van der Waals surface area contributed by atoms with Gasteiger partial charge >= 0.3 is 0 Å². The summed E-state index contributed by atoms with van der Waals surface area (Å²) in [6, 6.07) is 8.00. The van der Waals surface area contributed by atoms with Crippen LogP contribution < -0.4 is 4.31 Å². The fourth-order valence-electron chi connectivity index (χ4n) is 1.80. The molecule has 0 aliphatic heterocycles. The van der Waals surface area contributed by atoms with E-state index in [4.69, 9.17) is 11.6 Å². The van der Waals surface area contributed by atoms with Crippen molar-refractivity contribution in [1.29, 1.82) is 0 Å². The number of benzene rings is 1. The molecule has 20 heavy (non-hydrogen) atoms. The van der Waals surface area contributed by atoms with Crippen LogP contribution in [0.5, 0.6) is 0 Å². The lowest BCUT2D eigenvalue weighted by molar-refractivity contribution is 0.592. The molecule has 0 saturated carbocycles. The summed E-state index contributed by atoms with van der Waals surface area (Å²) in [5, 5.41) is 0.187. The highest BCUT2D eigenvalue weighted by Gasteiger charge is 2.25. The molecular formula is C13H12BrClN2O2S. The predicted molar refractivity (Wildman–Crippen MR) is 83.6 cm³/mol. The minimum Gasteiger partial charge on any atom is -0.266 e. The van der Waals surface area contributed by atoms with Crippen molar-refractivity contribution in [1.82, 2.24) is 4.98 Å². The third-order valence-corrected chi connectivity index (χ3v) is 5.58. The molecule has 0 fully saturated rings. The molecular weight excluding hydrogens is 364 g/mol. The van der Waals surface area contributed by atoms with E-state index in [0.29, 0.717) is 12.2 Å². The van der Waals surface area contributed by atoms with E-state index < -0.39 is 10.0 Å². The van der Waals surface area contributed by atoms with Crippen molar-refractivity contribution in [3.8, 4) is 0 Å². The maximum Gasteiger partial charge on any atom is 0.265 e. The zero-order valence-electron chi connectivity index (χ0n) is 10.6. The molecule has 7 heteroatoms. The molecule has 1 aromatic carbocycles. The fourth-order valence-corrected chi connectivity index (χ4v) is 4.29. The number of halogens is 2. The summed E-state index contributed by atoms with van der Waals surface area (Å²) in [5.74, 6) is 0. The Morgan fingerprint density at radius 3 is 2.45 bits per heavy atom. The maximum absolute atomic E-state index is 12.7. The largest absolute Gasteiger partial charge is 0.266 e. The van der Waals surface area contributed by atoms with Gasteiger partial charge in [-0.05, 0) is 37.3 Å². The van der Waals surface area contributed by atoms with Crippen LogP contribution in [0.4, 0.5) is 5.69 Å². The molecule has 0 spiro atoms. The van der Waals surface area contributed by atoms with Crippen LogP contribution in [0.1, 0.15) is 6.92 Å². The third kappa shape index (κ3) is 2.97. The molecule has 0 unspecified atom stereocenters. The van der Waals surface area contributed by atoms with Crippen LogP contribution in [0.25, 0.3) is 0 Å². The Morgan fingerprint density at radius 2 is 1.90 bits per heavy atom. The number of pyridine rings is 1. The minimum atomic E-state index is -3.70. The molecule has 0 amide bonds. The van der Waals surface area contributed by atoms with Gasteiger partial charge in [0.15, 0.2) is 0 Å². The SMILES string of the molecule is CCN(c1ccncc1)S(=O)(=O)c1ccc(Br)cc1Cl. The number of hydrogen-bond donors (Lipinski definition) is 0. The van der Waals surface area contributed by atoms with Gasteiger partial charge in [-0.15, -0.1) is 0 Å². The van der Waals surface area contributed by atoms with Crippen molar-refractivity contribution in [3.05, 3.63) is 52.2 Å². The molecule has 0 bridgehead atoms. The summed E-state index contributed by atoms with van der Waals surface area (Å²) in [7, 11) is -3.70. The van der Waals surface area contributed by atoms with E-state index in [1.165, 1.54) is 10.4 Å². The summed E-state index contributed by atoms with van der Waals surface area (Å²) in [6.07, 6.45) is 3.10. The van der Waals surface area contributed by atoms with Gasteiger partial charge in [-0.3, -0.25) is 9.29 Å². The number of sulfonamides is 1. The van der Waals surface area contributed by atoms with Crippen LogP contribution in [-0.4, -0.2) is 19.9 Å². The molecule has 2 rings (SSSR count). The highest BCUT2D eigenvalue weighted by atomic mass is 79.9. The van der Waals surface area contributed by atoms with Gasteiger partial charge in [0.1, 0.15) is 4.90 Å². The first kappa shape index (κ1) is 15.3. The Hall–Kier alpha value is -1.11. The Kier molecular flexibility index (Phi) is 4.67. The van der Waals surface area contributed by atoms with Gasteiger partial charge < -0.3 is 0 Å². The Labute approximate surface area is 131 Å². The van der Waals surface area contributed by atoms with Crippen LogP contribution in [0.3, 0.4) is 0 Å². The van der Waals surface area contributed by atoms with Crippen LogP contribution >= 0.6 is 27.5 Å². The number of aromatic nitrogens is 1. The van der Waals surface area contributed by atoms with Gasteiger partial charge in [0.25, 0.3) is 10.0 Å². The normalized spacial score (nSPS) is 11.3. The van der Waals surface area contributed by atoms with E-state index in [2.05, 4.69) is 20.9 Å². The van der Waals surface area contributed by atoms with Gasteiger partial charge in [-0.2, -0.15) is 0 Å². The van der Waals surface area contributed by atoms with E-state index in [1.54, 1.807) is 43.6 Å². The van der Waals surface area contributed by atoms with Crippen LogP contribution in [0.15, 0.2) is 52.1 Å². The van der Waals surface area contributed by atoms with E-state index in [9.17, 15) is 8.42 Å². The number of rotatable bonds is 4. The van der Waals surface area contributed by atoms with Gasteiger partial charge in [-0.25, -0.2) is 8.42 Å². The van der Waals surface area contributed by atoms with Gasteiger partial charge in [0.05, 0.1) is 10.7 Å². The first-order valence-corrected chi connectivity index (χ1v) is 8.45. The predicted octanol–water partition coefficient (Wildman–Crippen LogP) is 3.71. The van der Waals surface area contributed by atoms with E-state index in [1.807, 2.05) is 0 Å². The lowest BCUT2D eigenvalue weighted by Crippen LogP contribution is -2.31. The van der Waals surface area contributed by atoms with E-state index >= 15 is 0 Å². The lowest BCUT2D eigenvalue weighted by atomic mass is 10.4. The highest BCUT2D eigenvalue weighted by Crippen LogP contribution is 2.30. The monoisotopic (exact) mass is 374 g/mol. The Morgan fingerprint density at radius 1 is 1.25 bits per heavy atom. The standard InChI is InChI=1S/C13H12BrClN2O2S/c1-2-17(11-5-7-16-8-6-11)20(18,19)13-4-3-10(14)9-12(13)15/h3-9H,2H2,1H3. The van der Waals surface area contributed by atoms with Crippen molar-refractivity contribution in [2.75, 3.05) is 10.8 Å². The third-order valence-electron chi connectivity index (χ3n) is 2.70.